The van der Waals surface area contributed by atoms with Crippen LogP contribution in [0.3, 0.4) is 0 Å². The fourth-order valence-electron chi connectivity index (χ4n) is 3.49. The number of rotatable bonds is 5. The number of fused-ring (bicyclic) bond motifs is 1. The van der Waals surface area contributed by atoms with Crippen LogP contribution in [0.2, 0.25) is 0 Å². The first-order valence-corrected chi connectivity index (χ1v) is 9.34. The molecule has 5 heteroatoms. The second-order valence-electron chi connectivity index (χ2n) is 6.83. The van der Waals surface area contributed by atoms with Crippen LogP contribution in [0.1, 0.15) is 18.4 Å². The molecule has 1 atom stereocenters. The van der Waals surface area contributed by atoms with E-state index >= 15 is 0 Å². The number of carbonyl (C=O) groups excluding carboxylic acids is 1. The van der Waals surface area contributed by atoms with E-state index in [1.807, 2.05) is 59.5 Å². The summed E-state index contributed by atoms with van der Waals surface area (Å²) in [6, 6.07) is 17.8. The number of nitrogens with one attached hydrogen (secondary N) is 1. The van der Waals surface area contributed by atoms with Gasteiger partial charge in [-0.25, -0.2) is 4.79 Å². The van der Waals surface area contributed by atoms with E-state index in [9.17, 15) is 4.79 Å². The second-order valence-corrected chi connectivity index (χ2v) is 6.83. The minimum atomic E-state index is -0.120. The van der Waals surface area contributed by atoms with Gasteiger partial charge in [0.2, 0.25) is 0 Å². The summed E-state index contributed by atoms with van der Waals surface area (Å²) in [4.78, 5) is 19.1. The Morgan fingerprint density at radius 2 is 2.04 bits per heavy atom. The summed E-state index contributed by atoms with van der Waals surface area (Å²) >= 11 is 0. The number of amides is 2. The van der Waals surface area contributed by atoms with Crippen molar-refractivity contribution in [3.8, 4) is 0 Å². The average Bonchev–Trinajstić information content (AvgIpc) is 3.22. The Morgan fingerprint density at radius 3 is 2.85 bits per heavy atom. The van der Waals surface area contributed by atoms with Gasteiger partial charge in [-0.1, -0.05) is 42.5 Å². The van der Waals surface area contributed by atoms with Crippen LogP contribution < -0.4 is 5.32 Å². The maximum absolute atomic E-state index is 13.1. The molecule has 1 unspecified atom stereocenters. The summed E-state index contributed by atoms with van der Waals surface area (Å²) in [6.45, 7) is 1.85. The van der Waals surface area contributed by atoms with Crippen molar-refractivity contribution in [1.29, 1.82) is 0 Å². The smallest absolute Gasteiger partial charge is 0.322 e. The zero-order valence-electron chi connectivity index (χ0n) is 15.2. The number of carbonyl (C=O) groups is 1. The molecule has 0 bridgehead atoms. The van der Waals surface area contributed by atoms with Crippen molar-refractivity contribution in [3.05, 3.63) is 72.6 Å². The number of ether oxygens (including phenoxy) is 1. The van der Waals surface area contributed by atoms with Gasteiger partial charge >= 0.3 is 6.03 Å². The Morgan fingerprint density at radius 1 is 1.15 bits per heavy atom. The summed E-state index contributed by atoms with van der Waals surface area (Å²) in [5.41, 5.74) is 1.82. The molecule has 1 N–H and O–H groups in total. The molecule has 2 heterocycles. The van der Waals surface area contributed by atoms with E-state index in [0.29, 0.717) is 13.1 Å². The van der Waals surface area contributed by atoms with Crippen LogP contribution in [-0.4, -0.2) is 35.2 Å². The molecular weight excluding hydrogens is 338 g/mol. The fraction of sp³-hybridized carbons (Fsp3) is 0.273. The molecule has 0 saturated carbocycles. The molecule has 1 saturated heterocycles. The van der Waals surface area contributed by atoms with E-state index in [2.05, 4.69) is 10.3 Å². The Hall–Kier alpha value is -2.92. The fourth-order valence-corrected chi connectivity index (χ4v) is 3.49. The lowest BCUT2D eigenvalue weighted by Gasteiger charge is -2.26. The first-order valence-electron chi connectivity index (χ1n) is 9.34. The van der Waals surface area contributed by atoms with Crippen LogP contribution in [0.5, 0.6) is 0 Å². The van der Waals surface area contributed by atoms with Crippen LogP contribution in [0.4, 0.5) is 10.5 Å². The standard InChI is InChI=1S/C22H23N3O2/c26-22(24-21-11-3-8-18-7-1-2-10-20(18)21)25(16-19-9-5-13-27-19)15-17-6-4-12-23-14-17/h1-4,6-8,10-12,14,19H,5,9,13,15-16H2,(H,24,26). The lowest BCUT2D eigenvalue weighted by atomic mass is 10.1. The minimum Gasteiger partial charge on any atom is -0.376 e. The number of urea groups is 1. The summed E-state index contributed by atoms with van der Waals surface area (Å²) in [6.07, 6.45) is 5.68. The molecule has 27 heavy (non-hydrogen) atoms. The molecule has 2 amide bonds. The highest BCUT2D eigenvalue weighted by Gasteiger charge is 2.23. The number of nitrogens with zero attached hydrogens (tertiary/aromatic N) is 2. The summed E-state index contributed by atoms with van der Waals surface area (Å²) in [5.74, 6) is 0. The third kappa shape index (κ3) is 4.26. The van der Waals surface area contributed by atoms with Gasteiger partial charge in [0.05, 0.1) is 11.8 Å². The Labute approximate surface area is 159 Å². The largest absolute Gasteiger partial charge is 0.376 e. The molecule has 138 valence electrons. The van der Waals surface area contributed by atoms with Gasteiger partial charge in [0, 0.05) is 37.5 Å². The normalized spacial score (nSPS) is 16.4. The SMILES string of the molecule is O=C(Nc1cccc2ccccc12)N(Cc1cccnc1)CC1CCCO1. The highest BCUT2D eigenvalue weighted by Crippen LogP contribution is 2.24. The Kier molecular flexibility index (Phi) is 5.30. The first kappa shape index (κ1) is 17.5. The molecular formula is C22H23N3O2. The number of pyridine rings is 1. The summed E-state index contributed by atoms with van der Waals surface area (Å²) in [7, 11) is 0. The van der Waals surface area contributed by atoms with Crippen molar-refractivity contribution >= 4 is 22.5 Å². The molecule has 1 aliphatic heterocycles. The van der Waals surface area contributed by atoms with Gasteiger partial charge in [0.25, 0.3) is 0 Å². The third-order valence-corrected chi connectivity index (χ3v) is 4.86. The maximum atomic E-state index is 13.1. The Balaban J connectivity index is 1.55. The van der Waals surface area contributed by atoms with Crippen LogP contribution in [0.25, 0.3) is 10.8 Å². The van der Waals surface area contributed by atoms with Gasteiger partial charge in [-0.3, -0.25) is 4.98 Å². The van der Waals surface area contributed by atoms with Crippen molar-refractivity contribution in [3.63, 3.8) is 0 Å². The number of hydrogen-bond donors (Lipinski definition) is 1. The van der Waals surface area contributed by atoms with Gasteiger partial charge in [-0.05, 0) is 35.9 Å². The highest BCUT2D eigenvalue weighted by atomic mass is 16.5. The number of hydrogen-bond acceptors (Lipinski definition) is 3. The molecule has 2 aromatic carbocycles. The van der Waals surface area contributed by atoms with Crippen molar-refractivity contribution in [1.82, 2.24) is 9.88 Å². The molecule has 1 aliphatic rings. The zero-order valence-corrected chi connectivity index (χ0v) is 15.2. The van der Waals surface area contributed by atoms with Crippen molar-refractivity contribution < 1.29 is 9.53 Å². The number of anilines is 1. The third-order valence-electron chi connectivity index (χ3n) is 4.86. The quantitative estimate of drug-likeness (QED) is 0.730. The predicted octanol–water partition coefficient (Wildman–Crippen LogP) is 4.45. The molecule has 1 fully saturated rings. The number of aromatic nitrogens is 1. The first-order chi connectivity index (χ1) is 13.3. The number of benzene rings is 2. The highest BCUT2D eigenvalue weighted by molar-refractivity contribution is 6.01. The monoisotopic (exact) mass is 361 g/mol. The van der Waals surface area contributed by atoms with Crippen LogP contribution >= 0.6 is 0 Å². The van der Waals surface area contributed by atoms with Gasteiger partial charge in [-0.15, -0.1) is 0 Å². The van der Waals surface area contributed by atoms with E-state index in [1.54, 1.807) is 12.4 Å². The molecule has 5 nitrogen and oxygen atoms in total. The second kappa shape index (κ2) is 8.18. The lowest BCUT2D eigenvalue weighted by Crippen LogP contribution is -2.39. The lowest BCUT2D eigenvalue weighted by molar-refractivity contribution is 0.0819. The van der Waals surface area contributed by atoms with E-state index in [-0.39, 0.29) is 12.1 Å². The van der Waals surface area contributed by atoms with Crippen LogP contribution in [0.15, 0.2) is 67.0 Å². The van der Waals surface area contributed by atoms with Crippen molar-refractivity contribution in [2.24, 2.45) is 0 Å². The van der Waals surface area contributed by atoms with Gasteiger partial charge in [-0.2, -0.15) is 0 Å². The summed E-state index contributed by atoms with van der Waals surface area (Å²) < 4.78 is 5.75. The molecule has 3 aromatic rings. The predicted molar refractivity (Wildman–Crippen MR) is 107 cm³/mol. The van der Waals surface area contributed by atoms with E-state index in [0.717, 1.165) is 41.5 Å². The molecule has 0 radical (unpaired) electrons. The summed E-state index contributed by atoms with van der Waals surface area (Å²) in [5, 5.41) is 5.23. The van der Waals surface area contributed by atoms with Crippen molar-refractivity contribution in [2.75, 3.05) is 18.5 Å². The van der Waals surface area contributed by atoms with E-state index < -0.39 is 0 Å². The molecule has 0 spiro atoms. The maximum Gasteiger partial charge on any atom is 0.322 e. The molecule has 4 rings (SSSR count). The minimum absolute atomic E-state index is 0.0972. The van der Waals surface area contributed by atoms with Crippen molar-refractivity contribution in [2.45, 2.75) is 25.5 Å². The Bertz CT molecular complexity index is 902. The van der Waals surface area contributed by atoms with Crippen LogP contribution in [0, 0.1) is 0 Å². The van der Waals surface area contributed by atoms with Gasteiger partial charge in [0.1, 0.15) is 0 Å². The zero-order chi connectivity index (χ0) is 18.5. The van der Waals surface area contributed by atoms with Gasteiger partial charge in [0.15, 0.2) is 0 Å². The van der Waals surface area contributed by atoms with Crippen LogP contribution in [-0.2, 0) is 11.3 Å². The van der Waals surface area contributed by atoms with E-state index in [1.165, 1.54) is 0 Å². The average molecular weight is 361 g/mol. The van der Waals surface area contributed by atoms with Gasteiger partial charge < -0.3 is 15.0 Å². The molecule has 0 aliphatic carbocycles. The molecule has 1 aromatic heterocycles. The van der Waals surface area contributed by atoms with E-state index in [4.69, 9.17) is 4.74 Å². The topological polar surface area (TPSA) is 54.5 Å².